The van der Waals surface area contributed by atoms with Gasteiger partial charge in [-0.1, -0.05) is 18.2 Å². The third kappa shape index (κ3) is 4.73. The fourth-order valence-corrected chi connectivity index (χ4v) is 4.13. The molecular weight excluding hydrogens is 484 g/mol. The summed E-state index contributed by atoms with van der Waals surface area (Å²) in [7, 11) is 4.22. The summed E-state index contributed by atoms with van der Waals surface area (Å²) in [6, 6.07) is 11.6. The summed E-state index contributed by atoms with van der Waals surface area (Å²) in [6.07, 6.45) is 3.16. The molecule has 1 atom stereocenters. The molecule has 4 aromatic rings. The number of aromatic nitrogens is 3. The van der Waals surface area contributed by atoms with E-state index in [2.05, 4.69) is 15.0 Å². The molecule has 1 unspecified atom stereocenters. The van der Waals surface area contributed by atoms with Crippen molar-refractivity contribution in [2.24, 2.45) is 4.99 Å². The largest absolute Gasteiger partial charge is 0.497 e. The second-order valence-corrected chi connectivity index (χ2v) is 8.14. The molecule has 0 aliphatic rings. The van der Waals surface area contributed by atoms with E-state index in [1.165, 1.54) is 25.9 Å². The number of fused-ring (bicyclic) bond motifs is 1. The van der Waals surface area contributed by atoms with Gasteiger partial charge in [0.25, 0.3) is 5.56 Å². The number of carbonyl (C=O) groups excluding carboxylic acids is 1. The molecule has 0 radical (unpaired) electrons. The Kier molecular flexibility index (Phi) is 7.20. The predicted molar refractivity (Wildman–Crippen MR) is 137 cm³/mol. The number of ether oxygens (including phenoxy) is 3. The Balaban J connectivity index is 1.77. The lowest BCUT2D eigenvalue weighted by atomic mass is 10.1. The summed E-state index contributed by atoms with van der Waals surface area (Å²) in [5.41, 5.74) is 1.25. The fourth-order valence-electron chi connectivity index (χ4n) is 3.86. The highest BCUT2D eigenvalue weighted by atomic mass is 32.1. The van der Waals surface area contributed by atoms with Crippen LogP contribution in [0, 0.1) is 4.77 Å². The van der Waals surface area contributed by atoms with Crippen LogP contribution in [0.15, 0.2) is 58.4 Å². The number of nitrogens with one attached hydrogen (secondary N) is 2. The number of H-pyrrole nitrogens is 2. The Morgan fingerprint density at radius 1 is 1.19 bits per heavy atom. The van der Waals surface area contributed by atoms with Crippen molar-refractivity contribution in [3.63, 3.8) is 0 Å². The number of aliphatic imine (C=N–C) groups is 1. The van der Waals surface area contributed by atoms with E-state index in [0.717, 1.165) is 22.7 Å². The third-order valence-electron chi connectivity index (χ3n) is 5.69. The van der Waals surface area contributed by atoms with Crippen LogP contribution in [0.5, 0.6) is 17.4 Å². The zero-order valence-electron chi connectivity index (χ0n) is 19.8. The average Bonchev–Trinajstić information content (AvgIpc) is 3.29. The van der Waals surface area contributed by atoms with Crippen LogP contribution >= 0.6 is 12.2 Å². The average molecular weight is 509 g/mol. The van der Waals surface area contributed by atoms with Gasteiger partial charge in [-0.05, 0) is 36.0 Å². The van der Waals surface area contributed by atoms with Crippen molar-refractivity contribution < 1.29 is 24.1 Å². The number of benzene rings is 2. The summed E-state index contributed by atoms with van der Waals surface area (Å²) in [5, 5.41) is 12.0. The molecular formula is C25H24N4O6S. The number of carbonyl (C=O) groups is 1. The summed E-state index contributed by atoms with van der Waals surface area (Å²) >= 11 is 5.30. The van der Waals surface area contributed by atoms with Gasteiger partial charge in [0, 0.05) is 35.8 Å². The van der Waals surface area contributed by atoms with E-state index in [-0.39, 0.29) is 16.8 Å². The van der Waals surface area contributed by atoms with Crippen LogP contribution in [0.4, 0.5) is 0 Å². The third-order valence-corrected chi connectivity index (χ3v) is 5.98. The standard InChI is InChI=1S/C25H24N4O6S/c1-33-15-8-9-21(34-2)20(11-15)29-23(31)17(22(30)28-25(29)36)13-27-19(24(32)35-3)10-14-12-26-18-7-5-4-6-16(14)18/h4-9,11-13,19,26,31H,10H2,1-3H3,(H,28,30,36). The van der Waals surface area contributed by atoms with Gasteiger partial charge in [-0.2, -0.15) is 0 Å². The van der Waals surface area contributed by atoms with Crippen LogP contribution in [0.1, 0.15) is 11.1 Å². The van der Waals surface area contributed by atoms with Gasteiger partial charge in [0.1, 0.15) is 17.1 Å². The summed E-state index contributed by atoms with van der Waals surface area (Å²) < 4.78 is 16.8. The number of esters is 1. The van der Waals surface area contributed by atoms with Crippen molar-refractivity contribution >= 4 is 35.3 Å². The summed E-state index contributed by atoms with van der Waals surface area (Å²) in [5.74, 6) is -0.202. The van der Waals surface area contributed by atoms with Gasteiger partial charge in [-0.15, -0.1) is 0 Å². The Morgan fingerprint density at radius 2 is 1.97 bits per heavy atom. The number of methoxy groups -OCH3 is 3. The number of aromatic amines is 2. The van der Waals surface area contributed by atoms with E-state index in [1.807, 2.05) is 24.3 Å². The lowest BCUT2D eigenvalue weighted by molar-refractivity contribution is -0.142. The maximum atomic E-state index is 12.7. The second-order valence-electron chi connectivity index (χ2n) is 7.75. The molecule has 0 bridgehead atoms. The molecule has 0 saturated heterocycles. The lowest BCUT2D eigenvalue weighted by Gasteiger charge is -2.16. The molecule has 2 heterocycles. The van der Waals surface area contributed by atoms with E-state index in [9.17, 15) is 14.7 Å². The highest BCUT2D eigenvalue weighted by molar-refractivity contribution is 7.71. The van der Waals surface area contributed by atoms with E-state index in [1.54, 1.807) is 24.4 Å². The first kappa shape index (κ1) is 24.7. The van der Waals surface area contributed by atoms with Crippen LogP contribution < -0.4 is 15.0 Å². The van der Waals surface area contributed by atoms with Crippen LogP contribution in [-0.2, 0) is 16.0 Å². The van der Waals surface area contributed by atoms with Crippen LogP contribution in [0.2, 0.25) is 0 Å². The minimum absolute atomic E-state index is 0.0653. The van der Waals surface area contributed by atoms with Gasteiger partial charge in [0.2, 0.25) is 5.88 Å². The number of aromatic hydroxyl groups is 1. The van der Waals surface area contributed by atoms with E-state index < -0.39 is 23.5 Å². The lowest BCUT2D eigenvalue weighted by Crippen LogP contribution is -2.24. The fraction of sp³-hybridized carbons (Fsp3) is 0.200. The van der Waals surface area contributed by atoms with Crippen molar-refractivity contribution in [3.05, 3.63) is 74.9 Å². The smallest absolute Gasteiger partial charge is 0.330 e. The minimum atomic E-state index is -0.962. The topological polar surface area (TPSA) is 131 Å². The number of para-hydroxylation sites is 1. The molecule has 2 aromatic carbocycles. The van der Waals surface area contributed by atoms with Crippen molar-refractivity contribution in [2.75, 3.05) is 21.3 Å². The normalized spacial score (nSPS) is 12.1. The first-order valence-corrected chi connectivity index (χ1v) is 11.3. The van der Waals surface area contributed by atoms with Crippen LogP contribution in [0.25, 0.3) is 16.6 Å². The van der Waals surface area contributed by atoms with Crippen molar-refractivity contribution in [1.29, 1.82) is 0 Å². The maximum absolute atomic E-state index is 12.7. The minimum Gasteiger partial charge on any atom is -0.497 e. The van der Waals surface area contributed by atoms with Crippen molar-refractivity contribution in [2.45, 2.75) is 12.5 Å². The highest BCUT2D eigenvalue weighted by Gasteiger charge is 2.22. The van der Waals surface area contributed by atoms with Gasteiger partial charge < -0.3 is 24.3 Å². The first-order valence-electron chi connectivity index (χ1n) is 10.8. The molecule has 36 heavy (non-hydrogen) atoms. The SMILES string of the molecule is COC(=O)C(Cc1c[nH]c2ccccc12)N=Cc1c(O)n(-c2cc(OC)ccc2OC)c(=S)[nH]c1=O. The zero-order valence-corrected chi connectivity index (χ0v) is 20.6. The quantitative estimate of drug-likeness (QED) is 0.189. The Hall–Kier alpha value is -4.38. The van der Waals surface area contributed by atoms with E-state index in [0.29, 0.717) is 17.2 Å². The molecule has 4 rings (SSSR count). The Labute approximate surface area is 210 Å². The van der Waals surface area contributed by atoms with Gasteiger partial charge in [-0.25, -0.2) is 4.79 Å². The van der Waals surface area contributed by atoms with Crippen LogP contribution in [-0.4, -0.2) is 59.2 Å². The molecule has 0 spiro atoms. The summed E-state index contributed by atoms with van der Waals surface area (Å²) in [6.45, 7) is 0. The molecule has 0 aliphatic heterocycles. The summed E-state index contributed by atoms with van der Waals surface area (Å²) in [4.78, 5) is 35.2. The van der Waals surface area contributed by atoms with E-state index in [4.69, 9.17) is 26.4 Å². The number of hydrogen-bond donors (Lipinski definition) is 3. The van der Waals surface area contributed by atoms with E-state index >= 15 is 0 Å². The molecule has 0 saturated carbocycles. The van der Waals surface area contributed by atoms with Gasteiger partial charge in [0.05, 0.1) is 27.0 Å². The zero-order chi connectivity index (χ0) is 25.8. The number of nitrogens with zero attached hydrogens (tertiary/aromatic N) is 2. The van der Waals surface area contributed by atoms with Crippen LogP contribution in [0.3, 0.4) is 0 Å². The van der Waals surface area contributed by atoms with Gasteiger partial charge in [0.15, 0.2) is 10.8 Å². The maximum Gasteiger partial charge on any atom is 0.330 e. The molecule has 0 fully saturated rings. The molecule has 11 heteroatoms. The van der Waals surface area contributed by atoms with Crippen molar-refractivity contribution in [3.8, 4) is 23.1 Å². The molecule has 0 amide bonds. The Bertz CT molecular complexity index is 1570. The second kappa shape index (κ2) is 10.5. The molecule has 0 aliphatic carbocycles. The predicted octanol–water partition coefficient (Wildman–Crippen LogP) is 3.30. The first-order chi connectivity index (χ1) is 17.4. The molecule has 186 valence electrons. The number of hydrogen-bond acceptors (Lipinski definition) is 8. The molecule has 10 nitrogen and oxygen atoms in total. The number of rotatable bonds is 8. The highest BCUT2D eigenvalue weighted by Crippen LogP contribution is 2.31. The Morgan fingerprint density at radius 3 is 2.69 bits per heavy atom. The monoisotopic (exact) mass is 508 g/mol. The molecule has 2 aromatic heterocycles. The van der Waals surface area contributed by atoms with Gasteiger partial charge >= 0.3 is 5.97 Å². The molecule has 3 N–H and O–H groups in total. The van der Waals surface area contributed by atoms with Gasteiger partial charge in [-0.3, -0.25) is 19.3 Å². The van der Waals surface area contributed by atoms with Crippen molar-refractivity contribution in [1.82, 2.24) is 14.5 Å².